The summed E-state index contributed by atoms with van der Waals surface area (Å²) in [5, 5.41) is 17.9. The number of carbonyl (C=O) groups excluding carboxylic acids is 2. The standard InChI is InChI=1S/C28H24N6O4/c29-23-6-2-3-7-24(23)32-27(35)18-9-11-20(12-10-18)37-16-15-30-28(36)26-22(17-19-13-14-31-34-33-19)21-5-1-4-8-25(21)38-26/h1-14H,15-17,29H2,(H,30,36)(H,32,35). The molecule has 0 aliphatic rings. The highest BCUT2D eigenvalue weighted by atomic mass is 16.5. The zero-order valence-electron chi connectivity index (χ0n) is 20.3. The number of hydrogen-bond acceptors (Lipinski definition) is 8. The highest BCUT2D eigenvalue weighted by Crippen LogP contribution is 2.27. The first-order valence-corrected chi connectivity index (χ1v) is 11.9. The third-order valence-corrected chi connectivity index (χ3v) is 5.80. The van der Waals surface area contributed by atoms with Crippen LogP contribution < -0.4 is 21.1 Å². The molecule has 0 unspecified atom stereocenters. The van der Waals surface area contributed by atoms with Gasteiger partial charge < -0.3 is 25.5 Å². The van der Waals surface area contributed by atoms with Crippen molar-refractivity contribution in [3.05, 3.63) is 108 Å². The van der Waals surface area contributed by atoms with Crippen molar-refractivity contribution < 1.29 is 18.7 Å². The Morgan fingerprint density at radius 1 is 0.921 bits per heavy atom. The van der Waals surface area contributed by atoms with Gasteiger partial charge >= 0.3 is 0 Å². The highest BCUT2D eigenvalue weighted by molar-refractivity contribution is 6.05. The molecule has 2 aromatic heterocycles. The molecule has 0 radical (unpaired) electrons. The van der Waals surface area contributed by atoms with Crippen molar-refractivity contribution in [2.24, 2.45) is 0 Å². The normalized spacial score (nSPS) is 10.7. The van der Waals surface area contributed by atoms with Gasteiger partial charge in [-0.3, -0.25) is 9.59 Å². The Hall–Kier alpha value is -5.25. The number of anilines is 2. The Morgan fingerprint density at radius 2 is 1.71 bits per heavy atom. The van der Waals surface area contributed by atoms with E-state index in [4.69, 9.17) is 14.9 Å². The number of para-hydroxylation sites is 3. The number of nitrogens with two attached hydrogens (primary N) is 1. The van der Waals surface area contributed by atoms with Crippen LogP contribution in [-0.4, -0.2) is 40.4 Å². The molecule has 38 heavy (non-hydrogen) atoms. The van der Waals surface area contributed by atoms with Gasteiger partial charge in [0.05, 0.1) is 29.8 Å². The molecule has 10 heteroatoms. The van der Waals surface area contributed by atoms with Crippen LogP contribution in [0.3, 0.4) is 0 Å². The quantitative estimate of drug-likeness (QED) is 0.201. The summed E-state index contributed by atoms with van der Waals surface area (Å²) in [6.45, 7) is 0.475. The number of furan rings is 1. The van der Waals surface area contributed by atoms with E-state index in [9.17, 15) is 9.59 Å². The van der Waals surface area contributed by atoms with E-state index in [2.05, 4.69) is 26.0 Å². The molecule has 2 heterocycles. The number of nitrogens with zero attached hydrogens (tertiary/aromatic N) is 3. The van der Waals surface area contributed by atoms with Crippen molar-refractivity contribution >= 4 is 34.2 Å². The molecule has 0 bridgehead atoms. The fourth-order valence-corrected chi connectivity index (χ4v) is 3.92. The van der Waals surface area contributed by atoms with Gasteiger partial charge in [0, 0.05) is 22.9 Å². The fraction of sp³-hybridized carbons (Fsp3) is 0.107. The minimum atomic E-state index is -0.353. The van der Waals surface area contributed by atoms with Crippen molar-refractivity contribution in [3.63, 3.8) is 0 Å². The maximum atomic E-state index is 13.0. The monoisotopic (exact) mass is 508 g/mol. The van der Waals surface area contributed by atoms with Crippen LogP contribution in [-0.2, 0) is 6.42 Å². The molecule has 0 atom stereocenters. The molecule has 4 N–H and O–H groups in total. The van der Waals surface area contributed by atoms with E-state index in [1.54, 1.807) is 60.8 Å². The van der Waals surface area contributed by atoms with Crippen LogP contribution in [0.1, 0.15) is 32.2 Å². The number of ether oxygens (including phenoxy) is 1. The van der Waals surface area contributed by atoms with E-state index < -0.39 is 0 Å². The number of benzene rings is 3. The third kappa shape index (κ3) is 5.59. The summed E-state index contributed by atoms with van der Waals surface area (Å²) in [5.41, 5.74) is 9.40. The molecular formula is C28H24N6O4. The van der Waals surface area contributed by atoms with Gasteiger partial charge in [-0.1, -0.05) is 30.3 Å². The third-order valence-electron chi connectivity index (χ3n) is 5.80. The predicted octanol–water partition coefficient (Wildman–Crippen LogP) is 3.85. The lowest BCUT2D eigenvalue weighted by Gasteiger charge is -2.10. The van der Waals surface area contributed by atoms with Gasteiger partial charge in [0.1, 0.15) is 17.9 Å². The predicted molar refractivity (Wildman–Crippen MR) is 142 cm³/mol. The van der Waals surface area contributed by atoms with Crippen LogP contribution in [0.2, 0.25) is 0 Å². The van der Waals surface area contributed by atoms with Crippen LogP contribution >= 0.6 is 0 Å². The van der Waals surface area contributed by atoms with Gasteiger partial charge in [-0.15, -0.1) is 10.2 Å². The number of fused-ring (bicyclic) bond motifs is 1. The lowest BCUT2D eigenvalue weighted by atomic mass is 10.0. The molecule has 3 aromatic carbocycles. The van der Waals surface area contributed by atoms with E-state index in [0.717, 1.165) is 10.9 Å². The first-order valence-electron chi connectivity index (χ1n) is 11.9. The molecule has 0 fully saturated rings. The number of hydrogen-bond donors (Lipinski definition) is 3. The largest absolute Gasteiger partial charge is 0.492 e. The zero-order valence-corrected chi connectivity index (χ0v) is 20.3. The van der Waals surface area contributed by atoms with E-state index in [1.807, 2.05) is 24.3 Å². The van der Waals surface area contributed by atoms with E-state index >= 15 is 0 Å². The summed E-state index contributed by atoms with van der Waals surface area (Å²) >= 11 is 0. The topological polar surface area (TPSA) is 145 Å². The lowest BCUT2D eigenvalue weighted by Crippen LogP contribution is -2.28. The van der Waals surface area contributed by atoms with Gasteiger partial charge in [0.25, 0.3) is 11.8 Å². The second-order valence-corrected chi connectivity index (χ2v) is 8.36. The van der Waals surface area contributed by atoms with Crippen LogP contribution in [0.25, 0.3) is 11.0 Å². The number of amides is 2. The second-order valence-electron chi connectivity index (χ2n) is 8.36. The number of nitrogens with one attached hydrogen (secondary N) is 2. The van der Waals surface area contributed by atoms with Crippen LogP contribution in [0, 0.1) is 0 Å². The van der Waals surface area contributed by atoms with Crippen molar-refractivity contribution in [1.82, 2.24) is 20.7 Å². The van der Waals surface area contributed by atoms with E-state index in [1.165, 1.54) is 0 Å². The highest BCUT2D eigenvalue weighted by Gasteiger charge is 2.21. The summed E-state index contributed by atoms with van der Waals surface area (Å²) in [4.78, 5) is 25.4. The molecule has 5 rings (SSSR count). The SMILES string of the molecule is Nc1ccccc1NC(=O)c1ccc(OCCNC(=O)c2oc3ccccc3c2Cc2ccnnn2)cc1. The summed E-state index contributed by atoms with van der Waals surface area (Å²) in [5.74, 6) is 0.157. The van der Waals surface area contributed by atoms with Crippen molar-refractivity contribution in [3.8, 4) is 5.75 Å². The molecular weight excluding hydrogens is 484 g/mol. The maximum absolute atomic E-state index is 13.0. The molecule has 10 nitrogen and oxygen atoms in total. The average Bonchev–Trinajstić information content (AvgIpc) is 3.31. The Labute approximate surface area is 217 Å². The van der Waals surface area contributed by atoms with E-state index in [-0.39, 0.29) is 30.7 Å². The molecule has 0 saturated carbocycles. The Kier molecular flexibility index (Phi) is 7.21. The van der Waals surface area contributed by atoms with Crippen LogP contribution in [0.4, 0.5) is 11.4 Å². The lowest BCUT2D eigenvalue weighted by molar-refractivity contribution is 0.0919. The Balaban J connectivity index is 1.17. The number of aromatic nitrogens is 3. The molecule has 190 valence electrons. The van der Waals surface area contributed by atoms with Crippen molar-refractivity contribution in [2.45, 2.75) is 6.42 Å². The van der Waals surface area contributed by atoms with Gasteiger partial charge in [-0.05, 0) is 53.7 Å². The molecule has 2 amide bonds. The minimum absolute atomic E-state index is 0.222. The van der Waals surface area contributed by atoms with Crippen LogP contribution in [0.5, 0.6) is 5.75 Å². The average molecular weight is 509 g/mol. The Morgan fingerprint density at radius 3 is 2.50 bits per heavy atom. The molecule has 0 spiro atoms. The molecule has 0 aliphatic heterocycles. The first-order chi connectivity index (χ1) is 18.6. The van der Waals surface area contributed by atoms with Gasteiger partial charge in [-0.25, -0.2) is 0 Å². The summed E-state index contributed by atoms with van der Waals surface area (Å²) in [6, 6.07) is 23.0. The number of rotatable bonds is 9. The summed E-state index contributed by atoms with van der Waals surface area (Å²) in [7, 11) is 0. The summed E-state index contributed by atoms with van der Waals surface area (Å²) < 4.78 is 11.6. The second kappa shape index (κ2) is 11.2. The van der Waals surface area contributed by atoms with E-state index in [0.29, 0.717) is 40.4 Å². The maximum Gasteiger partial charge on any atom is 0.287 e. The zero-order chi connectivity index (χ0) is 26.3. The number of carbonyl (C=O) groups is 2. The van der Waals surface area contributed by atoms with Crippen LogP contribution in [0.15, 0.2) is 89.5 Å². The van der Waals surface area contributed by atoms with Gasteiger partial charge in [0.2, 0.25) is 0 Å². The van der Waals surface area contributed by atoms with Crippen molar-refractivity contribution in [2.75, 3.05) is 24.2 Å². The minimum Gasteiger partial charge on any atom is -0.492 e. The first kappa shape index (κ1) is 24.4. The molecule has 0 aliphatic carbocycles. The van der Waals surface area contributed by atoms with Gasteiger partial charge in [0.15, 0.2) is 5.76 Å². The number of nitrogen functional groups attached to an aromatic ring is 1. The smallest absolute Gasteiger partial charge is 0.287 e. The van der Waals surface area contributed by atoms with Gasteiger partial charge in [-0.2, -0.15) is 0 Å². The summed E-state index contributed by atoms with van der Waals surface area (Å²) in [6.07, 6.45) is 1.93. The molecule has 5 aromatic rings. The van der Waals surface area contributed by atoms with Crippen molar-refractivity contribution in [1.29, 1.82) is 0 Å². The molecule has 0 saturated heterocycles. The Bertz CT molecular complexity index is 1570. The fourth-order valence-electron chi connectivity index (χ4n) is 3.92.